The van der Waals surface area contributed by atoms with Crippen LogP contribution >= 0.6 is 11.6 Å². The first-order valence-electron chi connectivity index (χ1n) is 7.24. The van der Waals surface area contributed by atoms with Gasteiger partial charge >= 0.3 is 0 Å². The quantitative estimate of drug-likeness (QED) is 0.892. The summed E-state index contributed by atoms with van der Waals surface area (Å²) in [6.07, 6.45) is 5.30. The van der Waals surface area contributed by atoms with Crippen LogP contribution in [0.4, 0.5) is 0 Å². The van der Waals surface area contributed by atoms with Gasteiger partial charge in [-0.1, -0.05) is 43.5 Å². The maximum Gasteiger partial charge on any atom is 0.0976 e. The van der Waals surface area contributed by atoms with Crippen LogP contribution in [0, 0.1) is 5.92 Å². The standard InChI is InChI=1S/C16H24ClNO/c1-11-5-3-4-6-15(11)19-16(12(2)18)13-7-9-14(17)10-8-13/h7-12,15-16H,3-6,18H2,1-2H3. The zero-order valence-corrected chi connectivity index (χ0v) is 12.6. The van der Waals surface area contributed by atoms with Gasteiger partial charge in [0.2, 0.25) is 0 Å². The largest absolute Gasteiger partial charge is 0.368 e. The molecule has 0 aliphatic heterocycles. The average Bonchev–Trinajstić information content (AvgIpc) is 2.39. The maximum atomic E-state index is 6.32. The Labute approximate surface area is 121 Å². The zero-order valence-electron chi connectivity index (χ0n) is 11.8. The fourth-order valence-electron chi connectivity index (χ4n) is 2.83. The number of rotatable bonds is 4. The fourth-order valence-corrected chi connectivity index (χ4v) is 2.96. The Balaban J connectivity index is 2.09. The first-order chi connectivity index (χ1) is 9.08. The molecule has 0 aromatic heterocycles. The van der Waals surface area contributed by atoms with Crippen molar-refractivity contribution >= 4 is 11.6 Å². The van der Waals surface area contributed by atoms with Gasteiger partial charge in [-0.25, -0.2) is 0 Å². The van der Waals surface area contributed by atoms with Crippen molar-refractivity contribution in [1.82, 2.24) is 0 Å². The predicted octanol–water partition coefficient (Wildman–Crippen LogP) is 4.32. The third kappa shape index (κ3) is 3.95. The monoisotopic (exact) mass is 281 g/mol. The molecule has 2 N–H and O–H groups in total. The van der Waals surface area contributed by atoms with Crippen molar-refractivity contribution in [3.05, 3.63) is 34.9 Å². The molecule has 1 aliphatic rings. The molecule has 1 aromatic carbocycles. The Morgan fingerprint density at radius 2 is 1.84 bits per heavy atom. The van der Waals surface area contributed by atoms with Crippen LogP contribution in [0.25, 0.3) is 0 Å². The second-order valence-corrected chi connectivity index (χ2v) is 6.20. The van der Waals surface area contributed by atoms with Gasteiger partial charge in [0.15, 0.2) is 0 Å². The maximum absolute atomic E-state index is 6.32. The van der Waals surface area contributed by atoms with Crippen LogP contribution < -0.4 is 5.73 Å². The predicted molar refractivity (Wildman–Crippen MR) is 80.3 cm³/mol. The molecule has 2 rings (SSSR count). The van der Waals surface area contributed by atoms with Crippen LogP contribution in [0.3, 0.4) is 0 Å². The summed E-state index contributed by atoms with van der Waals surface area (Å²) in [5, 5.41) is 0.748. The second-order valence-electron chi connectivity index (χ2n) is 5.77. The molecule has 1 fully saturated rings. The Kier molecular flexibility index (Phi) is 5.26. The molecule has 0 heterocycles. The van der Waals surface area contributed by atoms with Crippen LogP contribution in [0.2, 0.25) is 5.02 Å². The van der Waals surface area contributed by atoms with E-state index in [0.29, 0.717) is 12.0 Å². The van der Waals surface area contributed by atoms with Gasteiger partial charge < -0.3 is 10.5 Å². The second kappa shape index (κ2) is 6.74. The lowest BCUT2D eigenvalue weighted by atomic mass is 9.87. The first kappa shape index (κ1) is 14.8. The molecular formula is C16H24ClNO. The lowest BCUT2D eigenvalue weighted by Crippen LogP contribution is -2.34. The summed E-state index contributed by atoms with van der Waals surface area (Å²) >= 11 is 5.94. The molecule has 0 bridgehead atoms. The van der Waals surface area contributed by atoms with E-state index in [4.69, 9.17) is 22.1 Å². The first-order valence-corrected chi connectivity index (χ1v) is 7.62. The molecule has 0 spiro atoms. The van der Waals surface area contributed by atoms with E-state index < -0.39 is 0 Å². The highest BCUT2D eigenvalue weighted by atomic mass is 35.5. The number of ether oxygens (including phenoxy) is 1. The van der Waals surface area contributed by atoms with Crippen molar-refractivity contribution in [1.29, 1.82) is 0 Å². The molecule has 19 heavy (non-hydrogen) atoms. The summed E-state index contributed by atoms with van der Waals surface area (Å²) in [7, 11) is 0. The molecule has 4 unspecified atom stereocenters. The van der Waals surface area contributed by atoms with Gasteiger partial charge in [-0.2, -0.15) is 0 Å². The highest BCUT2D eigenvalue weighted by molar-refractivity contribution is 6.30. The lowest BCUT2D eigenvalue weighted by Gasteiger charge is -2.34. The SMILES string of the molecule is CC(N)C(OC1CCCCC1C)c1ccc(Cl)cc1. The molecule has 4 atom stereocenters. The topological polar surface area (TPSA) is 35.2 Å². The van der Waals surface area contributed by atoms with Crippen LogP contribution in [-0.2, 0) is 4.74 Å². The van der Waals surface area contributed by atoms with Gasteiger partial charge in [0.05, 0.1) is 12.2 Å². The molecule has 0 amide bonds. The lowest BCUT2D eigenvalue weighted by molar-refractivity contribution is -0.0651. The third-order valence-electron chi connectivity index (χ3n) is 4.03. The van der Waals surface area contributed by atoms with E-state index in [0.717, 1.165) is 17.0 Å². The van der Waals surface area contributed by atoms with Crippen LogP contribution in [0.15, 0.2) is 24.3 Å². The van der Waals surface area contributed by atoms with Gasteiger partial charge in [-0.15, -0.1) is 0 Å². The molecule has 1 saturated carbocycles. The zero-order chi connectivity index (χ0) is 13.8. The van der Waals surface area contributed by atoms with E-state index >= 15 is 0 Å². The van der Waals surface area contributed by atoms with Crippen molar-refractivity contribution in [3.8, 4) is 0 Å². The number of halogens is 1. The van der Waals surface area contributed by atoms with Gasteiger partial charge in [0.1, 0.15) is 0 Å². The van der Waals surface area contributed by atoms with Gasteiger partial charge in [0.25, 0.3) is 0 Å². The van der Waals surface area contributed by atoms with Crippen LogP contribution in [0.1, 0.15) is 51.2 Å². The van der Waals surface area contributed by atoms with Gasteiger partial charge in [-0.05, 0) is 43.4 Å². The van der Waals surface area contributed by atoms with E-state index in [1.807, 2.05) is 31.2 Å². The number of benzene rings is 1. The normalized spacial score (nSPS) is 26.9. The van der Waals surface area contributed by atoms with Crippen molar-refractivity contribution < 1.29 is 4.74 Å². The molecule has 0 radical (unpaired) electrons. The summed E-state index contributed by atoms with van der Waals surface area (Å²) < 4.78 is 6.32. The highest BCUT2D eigenvalue weighted by Crippen LogP contribution is 2.32. The molecule has 1 aromatic rings. The minimum Gasteiger partial charge on any atom is -0.368 e. The molecule has 0 saturated heterocycles. The minimum atomic E-state index is -0.0391. The molecule has 3 heteroatoms. The van der Waals surface area contributed by atoms with E-state index in [-0.39, 0.29) is 12.1 Å². The van der Waals surface area contributed by atoms with E-state index in [2.05, 4.69) is 6.92 Å². The average molecular weight is 282 g/mol. The summed E-state index contributed by atoms with van der Waals surface area (Å²) in [5.41, 5.74) is 7.23. The van der Waals surface area contributed by atoms with E-state index in [1.165, 1.54) is 19.3 Å². The van der Waals surface area contributed by atoms with Crippen molar-refractivity contribution in [2.24, 2.45) is 11.7 Å². The Bertz CT molecular complexity index is 390. The van der Waals surface area contributed by atoms with Crippen LogP contribution in [-0.4, -0.2) is 12.1 Å². The van der Waals surface area contributed by atoms with Gasteiger partial charge in [-0.3, -0.25) is 0 Å². The van der Waals surface area contributed by atoms with Crippen molar-refractivity contribution in [2.75, 3.05) is 0 Å². The fraction of sp³-hybridized carbons (Fsp3) is 0.625. The highest BCUT2D eigenvalue weighted by Gasteiger charge is 2.27. The molecule has 106 valence electrons. The smallest absolute Gasteiger partial charge is 0.0976 e. The van der Waals surface area contributed by atoms with E-state index in [9.17, 15) is 0 Å². The molecule has 2 nitrogen and oxygen atoms in total. The molecular weight excluding hydrogens is 258 g/mol. The third-order valence-corrected chi connectivity index (χ3v) is 4.28. The Hall–Kier alpha value is -0.570. The van der Waals surface area contributed by atoms with Crippen LogP contribution in [0.5, 0.6) is 0 Å². The van der Waals surface area contributed by atoms with Crippen molar-refractivity contribution in [3.63, 3.8) is 0 Å². The van der Waals surface area contributed by atoms with Crippen molar-refractivity contribution in [2.45, 2.75) is 57.8 Å². The number of hydrogen-bond donors (Lipinski definition) is 1. The van der Waals surface area contributed by atoms with Gasteiger partial charge in [0, 0.05) is 11.1 Å². The summed E-state index contributed by atoms with van der Waals surface area (Å²) in [6, 6.07) is 7.82. The minimum absolute atomic E-state index is 0.0182. The molecule has 1 aliphatic carbocycles. The Morgan fingerprint density at radius 3 is 2.42 bits per heavy atom. The van der Waals surface area contributed by atoms with E-state index in [1.54, 1.807) is 0 Å². The summed E-state index contributed by atoms with van der Waals surface area (Å²) in [5.74, 6) is 0.627. The Morgan fingerprint density at radius 1 is 1.21 bits per heavy atom. The number of nitrogens with two attached hydrogens (primary N) is 1. The summed E-state index contributed by atoms with van der Waals surface area (Å²) in [6.45, 7) is 4.29. The number of hydrogen-bond acceptors (Lipinski definition) is 2. The summed E-state index contributed by atoms with van der Waals surface area (Å²) in [4.78, 5) is 0.